The van der Waals surface area contributed by atoms with E-state index in [-0.39, 0.29) is 11.4 Å². The molecule has 5 nitrogen and oxygen atoms in total. The van der Waals surface area contributed by atoms with Gasteiger partial charge in [0.2, 0.25) is 5.78 Å². The van der Waals surface area contributed by atoms with Gasteiger partial charge in [0.05, 0.1) is 16.5 Å². The Hall–Kier alpha value is -2.77. The fraction of sp³-hybridized carbons (Fsp3) is 0.105. The van der Waals surface area contributed by atoms with Gasteiger partial charge in [0, 0.05) is 11.6 Å². The van der Waals surface area contributed by atoms with Gasteiger partial charge in [0.15, 0.2) is 10.9 Å². The van der Waals surface area contributed by atoms with Crippen molar-refractivity contribution in [2.45, 2.75) is 13.0 Å². The van der Waals surface area contributed by atoms with Crippen molar-refractivity contribution < 1.29 is 14.7 Å². The fourth-order valence-corrected chi connectivity index (χ4v) is 4.32. The van der Waals surface area contributed by atoms with Gasteiger partial charge in [-0.1, -0.05) is 35.9 Å². The van der Waals surface area contributed by atoms with Gasteiger partial charge in [-0.15, -0.1) is 22.7 Å². The molecular formula is C19H14N2O3S2. The lowest BCUT2D eigenvalue weighted by Gasteiger charge is -2.24. The van der Waals surface area contributed by atoms with E-state index in [0.29, 0.717) is 10.0 Å². The number of ketones is 1. The van der Waals surface area contributed by atoms with E-state index in [1.54, 1.807) is 29.1 Å². The lowest BCUT2D eigenvalue weighted by molar-refractivity contribution is -0.117. The van der Waals surface area contributed by atoms with Gasteiger partial charge in [-0.05, 0) is 23.9 Å². The number of hydrogen-bond donors (Lipinski definition) is 1. The Labute approximate surface area is 157 Å². The zero-order valence-corrected chi connectivity index (χ0v) is 15.4. The zero-order chi connectivity index (χ0) is 18.3. The molecule has 1 aromatic carbocycles. The molecule has 130 valence electrons. The minimum absolute atomic E-state index is 0.0940. The SMILES string of the molecule is Cc1ccc([C@@H]2C(C(=O)c3cccs3)=C(O)C(=O)N2c2nccs2)cc1. The second-order valence-electron chi connectivity index (χ2n) is 5.87. The molecule has 0 unspecified atom stereocenters. The molecule has 0 radical (unpaired) electrons. The van der Waals surface area contributed by atoms with Crippen molar-refractivity contribution in [3.63, 3.8) is 0 Å². The van der Waals surface area contributed by atoms with Crippen LogP contribution >= 0.6 is 22.7 Å². The number of Topliss-reactive ketones (excluding diaryl/α,β-unsaturated/α-hetero) is 1. The van der Waals surface area contributed by atoms with Crippen LogP contribution in [-0.4, -0.2) is 21.8 Å². The molecule has 1 N–H and O–H groups in total. The average Bonchev–Trinajstić information content (AvgIpc) is 3.38. The van der Waals surface area contributed by atoms with Crippen LogP contribution in [0.15, 0.2) is 64.7 Å². The molecule has 1 aliphatic rings. The van der Waals surface area contributed by atoms with Crippen molar-refractivity contribution in [1.82, 2.24) is 4.98 Å². The molecule has 1 amide bonds. The van der Waals surface area contributed by atoms with Gasteiger partial charge in [-0.2, -0.15) is 0 Å². The van der Waals surface area contributed by atoms with E-state index in [9.17, 15) is 14.7 Å². The van der Waals surface area contributed by atoms with Crippen LogP contribution in [0.2, 0.25) is 0 Å². The topological polar surface area (TPSA) is 70.5 Å². The molecule has 0 aliphatic carbocycles. The monoisotopic (exact) mass is 382 g/mol. The lowest BCUT2D eigenvalue weighted by atomic mass is 9.95. The van der Waals surface area contributed by atoms with Crippen molar-refractivity contribution in [1.29, 1.82) is 0 Å². The Morgan fingerprint density at radius 3 is 2.54 bits per heavy atom. The molecule has 4 rings (SSSR count). The van der Waals surface area contributed by atoms with Crippen LogP contribution in [0.25, 0.3) is 0 Å². The van der Waals surface area contributed by atoms with E-state index in [4.69, 9.17) is 0 Å². The third-order valence-electron chi connectivity index (χ3n) is 4.22. The largest absolute Gasteiger partial charge is 0.503 e. The third kappa shape index (κ3) is 2.65. The van der Waals surface area contributed by atoms with Crippen LogP contribution in [0.1, 0.15) is 26.8 Å². The fourth-order valence-electron chi connectivity index (χ4n) is 2.97. The molecule has 3 aromatic rings. The van der Waals surface area contributed by atoms with E-state index in [1.807, 2.05) is 31.2 Å². The summed E-state index contributed by atoms with van der Waals surface area (Å²) in [5.41, 5.74) is 1.91. The quantitative estimate of drug-likeness (QED) is 0.683. The number of nitrogens with zero attached hydrogens (tertiary/aromatic N) is 2. The molecule has 0 saturated carbocycles. The predicted octanol–water partition coefficient (Wildman–Crippen LogP) is 4.30. The smallest absolute Gasteiger partial charge is 0.296 e. The van der Waals surface area contributed by atoms with Gasteiger partial charge in [0.25, 0.3) is 5.91 Å². The van der Waals surface area contributed by atoms with E-state index >= 15 is 0 Å². The van der Waals surface area contributed by atoms with E-state index in [0.717, 1.165) is 11.1 Å². The lowest BCUT2D eigenvalue weighted by Crippen LogP contribution is -2.30. The number of aryl methyl sites for hydroxylation is 1. The number of benzene rings is 1. The van der Waals surface area contributed by atoms with Crippen LogP contribution in [0.4, 0.5) is 5.13 Å². The number of hydrogen-bond acceptors (Lipinski definition) is 6. The second-order valence-corrected chi connectivity index (χ2v) is 7.69. The maximum Gasteiger partial charge on any atom is 0.296 e. The number of aliphatic hydroxyl groups is 1. The van der Waals surface area contributed by atoms with Gasteiger partial charge >= 0.3 is 0 Å². The van der Waals surface area contributed by atoms with Crippen molar-refractivity contribution in [3.8, 4) is 0 Å². The maximum absolute atomic E-state index is 13.0. The molecule has 2 aromatic heterocycles. The summed E-state index contributed by atoms with van der Waals surface area (Å²) in [7, 11) is 0. The molecule has 7 heteroatoms. The first kappa shape index (κ1) is 16.7. The second kappa shape index (κ2) is 6.51. The summed E-state index contributed by atoms with van der Waals surface area (Å²) in [6, 6.07) is 10.3. The van der Waals surface area contributed by atoms with Crippen molar-refractivity contribution in [2.24, 2.45) is 0 Å². The molecule has 1 aliphatic heterocycles. The number of carbonyl (C=O) groups excluding carboxylic acids is 2. The highest BCUT2D eigenvalue weighted by Gasteiger charge is 2.45. The molecule has 0 spiro atoms. The summed E-state index contributed by atoms with van der Waals surface area (Å²) in [5.74, 6) is -1.45. The summed E-state index contributed by atoms with van der Waals surface area (Å²) in [4.78, 5) is 31.9. The summed E-state index contributed by atoms with van der Waals surface area (Å²) in [5, 5.41) is 14.5. The molecule has 0 fully saturated rings. The Morgan fingerprint density at radius 2 is 1.92 bits per heavy atom. The first-order valence-electron chi connectivity index (χ1n) is 7.89. The van der Waals surface area contributed by atoms with Crippen LogP contribution in [0, 0.1) is 6.92 Å². The number of carbonyl (C=O) groups is 2. The summed E-state index contributed by atoms with van der Waals surface area (Å²) in [6.07, 6.45) is 1.59. The number of aromatic nitrogens is 1. The third-order valence-corrected chi connectivity index (χ3v) is 5.86. The highest BCUT2D eigenvalue weighted by molar-refractivity contribution is 7.14. The van der Waals surface area contributed by atoms with Crippen LogP contribution in [0.5, 0.6) is 0 Å². The Kier molecular flexibility index (Phi) is 4.18. The number of thiophene rings is 1. The maximum atomic E-state index is 13.0. The Balaban J connectivity index is 1.88. The number of thiazole rings is 1. The minimum Gasteiger partial charge on any atom is -0.503 e. The van der Waals surface area contributed by atoms with Crippen LogP contribution in [-0.2, 0) is 4.79 Å². The van der Waals surface area contributed by atoms with E-state index in [2.05, 4.69) is 4.98 Å². The standard InChI is InChI=1S/C19H14N2O3S2/c1-11-4-6-12(7-5-11)15-14(16(22)13-3-2-9-25-13)17(23)18(24)21(15)19-20-8-10-26-19/h2-10,15,23H,1H3/t15-/m1/s1. The number of aliphatic hydroxyl groups excluding tert-OH is 1. The molecular weight excluding hydrogens is 368 g/mol. The molecule has 0 saturated heterocycles. The number of rotatable bonds is 4. The highest BCUT2D eigenvalue weighted by atomic mass is 32.1. The van der Waals surface area contributed by atoms with Gasteiger partial charge < -0.3 is 5.11 Å². The van der Waals surface area contributed by atoms with Crippen LogP contribution in [0.3, 0.4) is 0 Å². The molecule has 0 bridgehead atoms. The average molecular weight is 382 g/mol. The van der Waals surface area contributed by atoms with Crippen molar-refractivity contribution >= 4 is 39.5 Å². The zero-order valence-electron chi connectivity index (χ0n) is 13.7. The molecule has 3 heterocycles. The number of amides is 1. The van der Waals surface area contributed by atoms with Crippen molar-refractivity contribution in [3.05, 3.63) is 80.7 Å². The van der Waals surface area contributed by atoms with Gasteiger partial charge in [-0.25, -0.2) is 4.98 Å². The minimum atomic E-state index is -0.705. The molecule has 26 heavy (non-hydrogen) atoms. The van der Waals surface area contributed by atoms with Gasteiger partial charge in [-0.3, -0.25) is 14.5 Å². The normalized spacial score (nSPS) is 17.2. The van der Waals surface area contributed by atoms with E-state index < -0.39 is 17.7 Å². The summed E-state index contributed by atoms with van der Waals surface area (Å²) < 4.78 is 0. The number of anilines is 1. The Morgan fingerprint density at radius 1 is 1.15 bits per heavy atom. The first-order chi connectivity index (χ1) is 12.6. The Bertz CT molecular complexity index is 990. The van der Waals surface area contributed by atoms with Crippen LogP contribution < -0.4 is 4.90 Å². The summed E-state index contributed by atoms with van der Waals surface area (Å²) in [6.45, 7) is 1.97. The predicted molar refractivity (Wildman–Crippen MR) is 102 cm³/mol. The molecule has 1 atom stereocenters. The summed E-state index contributed by atoms with van der Waals surface area (Å²) >= 11 is 2.57. The first-order valence-corrected chi connectivity index (χ1v) is 9.65. The highest BCUT2D eigenvalue weighted by Crippen LogP contribution is 2.42. The van der Waals surface area contributed by atoms with Crippen molar-refractivity contribution in [2.75, 3.05) is 4.90 Å². The van der Waals surface area contributed by atoms with Gasteiger partial charge in [0.1, 0.15) is 0 Å². The van der Waals surface area contributed by atoms with E-state index in [1.165, 1.54) is 27.6 Å².